The van der Waals surface area contributed by atoms with Crippen LogP contribution in [-0.2, 0) is 6.42 Å². The lowest BCUT2D eigenvalue weighted by atomic mass is 9.89. The first-order chi connectivity index (χ1) is 16.9. The molecule has 0 bridgehead atoms. The molecule has 0 fully saturated rings. The first-order valence-corrected chi connectivity index (χ1v) is 12.2. The molecule has 0 unspecified atom stereocenters. The van der Waals surface area contributed by atoms with Gasteiger partial charge in [0.15, 0.2) is 0 Å². The third kappa shape index (κ3) is 3.52. The summed E-state index contributed by atoms with van der Waals surface area (Å²) in [6.45, 7) is 8.64. The van der Waals surface area contributed by atoms with E-state index in [2.05, 4.69) is 74.1 Å². The van der Waals surface area contributed by atoms with Crippen molar-refractivity contribution in [1.29, 1.82) is 0 Å². The van der Waals surface area contributed by atoms with Crippen molar-refractivity contribution in [2.45, 2.75) is 40.0 Å². The lowest BCUT2D eigenvalue weighted by Crippen LogP contribution is -1.97. The smallest absolute Gasteiger partial charge is 0.125 e. The Hall–Kier alpha value is -3.92. The van der Waals surface area contributed by atoms with Crippen LogP contribution < -0.4 is 0 Å². The van der Waals surface area contributed by atoms with Crippen LogP contribution in [0.4, 0.5) is 4.39 Å². The minimum Gasteiger partial charge on any atom is -0.361 e. The van der Waals surface area contributed by atoms with Crippen molar-refractivity contribution in [2.24, 2.45) is 0 Å². The van der Waals surface area contributed by atoms with Gasteiger partial charge < -0.3 is 9.97 Å². The first-order valence-electron chi connectivity index (χ1n) is 12.2. The Morgan fingerprint density at radius 3 is 2.54 bits per heavy atom. The highest BCUT2D eigenvalue weighted by atomic mass is 19.1. The number of aromatic nitrogens is 3. The largest absolute Gasteiger partial charge is 0.361 e. The third-order valence-corrected chi connectivity index (χ3v) is 7.15. The number of fused-ring (bicyclic) bond motifs is 2. The number of aromatic amines is 2. The molecule has 0 saturated heterocycles. The monoisotopic (exact) mass is 461 g/mol. The van der Waals surface area contributed by atoms with E-state index in [1.165, 1.54) is 39.0 Å². The molecule has 0 saturated carbocycles. The molecule has 2 N–H and O–H groups in total. The van der Waals surface area contributed by atoms with Crippen LogP contribution >= 0.6 is 0 Å². The van der Waals surface area contributed by atoms with Crippen LogP contribution in [0.2, 0.25) is 0 Å². The van der Waals surface area contributed by atoms with E-state index in [0.717, 1.165) is 40.0 Å². The van der Waals surface area contributed by atoms with Crippen molar-refractivity contribution in [3.8, 4) is 22.4 Å². The SMILES string of the molecule is Cc1ccc(C2=Cc3c(-c4c(C)[nH]c(-c5cc(F)cc6[nH]ccc56)c4C(C)C)ccnc3C2)cc1. The predicted octanol–water partition coefficient (Wildman–Crippen LogP) is 8.20. The number of hydrogen-bond acceptors (Lipinski definition) is 1. The molecule has 6 rings (SSSR count). The van der Waals surface area contributed by atoms with Crippen molar-refractivity contribution < 1.29 is 4.39 Å². The molecule has 2 aromatic carbocycles. The minimum atomic E-state index is -0.242. The van der Waals surface area contributed by atoms with Gasteiger partial charge in [0.2, 0.25) is 0 Å². The van der Waals surface area contributed by atoms with Crippen LogP contribution in [0.1, 0.15) is 53.4 Å². The van der Waals surface area contributed by atoms with E-state index >= 15 is 0 Å². The van der Waals surface area contributed by atoms with E-state index in [9.17, 15) is 4.39 Å². The topological polar surface area (TPSA) is 44.5 Å². The summed E-state index contributed by atoms with van der Waals surface area (Å²) in [4.78, 5) is 11.5. The van der Waals surface area contributed by atoms with E-state index in [-0.39, 0.29) is 11.7 Å². The van der Waals surface area contributed by atoms with Crippen LogP contribution in [0.5, 0.6) is 0 Å². The van der Waals surface area contributed by atoms with Gasteiger partial charge in [-0.15, -0.1) is 0 Å². The Kier molecular flexibility index (Phi) is 4.99. The van der Waals surface area contributed by atoms with Crippen molar-refractivity contribution >= 4 is 22.6 Å². The van der Waals surface area contributed by atoms with Crippen molar-refractivity contribution in [3.63, 3.8) is 0 Å². The van der Waals surface area contributed by atoms with Gasteiger partial charge in [-0.3, -0.25) is 4.98 Å². The number of allylic oxidation sites excluding steroid dienone is 1. The average molecular weight is 462 g/mol. The Balaban J connectivity index is 1.56. The van der Waals surface area contributed by atoms with Crippen molar-refractivity contribution in [3.05, 3.63) is 100 Å². The maximum absolute atomic E-state index is 14.6. The molecule has 1 aliphatic rings. The van der Waals surface area contributed by atoms with E-state index in [1.54, 1.807) is 12.1 Å². The Bertz CT molecular complexity index is 1610. The number of nitrogens with one attached hydrogen (secondary N) is 2. The van der Waals surface area contributed by atoms with E-state index in [1.807, 2.05) is 18.5 Å². The molecule has 5 aromatic rings. The highest BCUT2D eigenvalue weighted by molar-refractivity contribution is 5.99. The minimum absolute atomic E-state index is 0.242. The fourth-order valence-corrected chi connectivity index (χ4v) is 5.51. The fraction of sp³-hybridized carbons (Fsp3) is 0.194. The third-order valence-electron chi connectivity index (χ3n) is 7.15. The van der Waals surface area contributed by atoms with Gasteiger partial charge in [-0.05, 0) is 72.4 Å². The molecule has 4 heteroatoms. The van der Waals surface area contributed by atoms with Crippen LogP contribution in [0, 0.1) is 19.7 Å². The summed E-state index contributed by atoms with van der Waals surface area (Å²) in [7, 11) is 0. The van der Waals surface area contributed by atoms with Crippen LogP contribution in [-0.4, -0.2) is 15.0 Å². The number of rotatable bonds is 4. The van der Waals surface area contributed by atoms with Gasteiger partial charge in [0.1, 0.15) is 5.82 Å². The molecule has 174 valence electrons. The molecule has 3 heterocycles. The van der Waals surface area contributed by atoms with Crippen molar-refractivity contribution in [2.75, 3.05) is 0 Å². The second kappa shape index (κ2) is 8.09. The fourth-order valence-electron chi connectivity index (χ4n) is 5.51. The summed E-state index contributed by atoms with van der Waals surface area (Å²) in [5.41, 5.74) is 13.4. The maximum Gasteiger partial charge on any atom is 0.125 e. The number of hydrogen-bond donors (Lipinski definition) is 2. The van der Waals surface area contributed by atoms with E-state index in [4.69, 9.17) is 4.98 Å². The summed E-state index contributed by atoms with van der Waals surface area (Å²) in [6.07, 6.45) is 6.91. The van der Waals surface area contributed by atoms with Gasteiger partial charge in [0.25, 0.3) is 0 Å². The lowest BCUT2D eigenvalue weighted by molar-refractivity contribution is 0.630. The summed E-state index contributed by atoms with van der Waals surface area (Å²) in [5.74, 6) is 0.00177. The molecule has 3 aromatic heterocycles. The standard InChI is InChI=1S/C31H28FN3/c1-17(2)29-30(19(4)35-31(29)26-15-22(32)16-28-23(26)9-11-34-28)24-10-12-33-27-14-21(13-25(24)27)20-7-5-18(3)6-8-20/h5-13,15-17,34-35H,14H2,1-4H3. The number of halogens is 1. The Morgan fingerprint density at radius 2 is 1.77 bits per heavy atom. The second-order valence-corrected chi connectivity index (χ2v) is 9.89. The number of pyridine rings is 1. The molecule has 0 aliphatic heterocycles. The molecule has 1 aliphatic carbocycles. The van der Waals surface area contributed by atoms with Gasteiger partial charge in [-0.25, -0.2) is 4.39 Å². The molecule has 0 atom stereocenters. The molecule has 3 nitrogen and oxygen atoms in total. The summed E-state index contributed by atoms with van der Waals surface area (Å²) in [6, 6.07) is 16.0. The normalized spacial score (nSPS) is 13.0. The van der Waals surface area contributed by atoms with E-state index < -0.39 is 0 Å². The number of benzene rings is 2. The highest BCUT2D eigenvalue weighted by Crippen LogP contribution is 2.45. The van der Waals surface area contributed by atoms with Gasteiger partial charge in [0.05, 0.1) is 11.4 Å². The highest BCUT2D eigenvalue weighted by Gasteiger charge is 2.26. The lowest BCUT2D eigenvalue weighted by Gasteiger charge is -2.15. The molecule has 35 heavy (non-hydrogen) atoms. The van der Waals surface area contributed by atoms with Crippen LogP contribution in [0.15, 0.2) is 60.9 Å². The van der Waals surface area contributed by atoms with Gasteiger partial charge in [-0.2, -0.15) is 0 Å². The molecular weight excluding hydrogens is 433 g/mol. The zero-order valence-corrected chi connectivity index (χ0v) is 20.5. The average Bonchev–Trinajstić information content (AvgIpc) is 3.55. The van der Waals surface area contributed by atoms with Crippen LogP contribution in [0.25, 0.3) is 44.9 Å². The summed E-state index contributed by atoms with van der Waals surface area (Å²) >= 11 is 0. The van der Waals surface area contributed by atoms with E-state index in [0.29, 0.717) is 0 Å². The first kappa shape index (κ1) is 21.6. The van der Waals surface area contributed by atoms with Gasteiger partial charge in [0, 0.05) is 52.1 Å². The maximum atomic E-state index is 14.6. The van der Waals surface area contributed by atoms with Gasteiger partial charge >= 0.3 is 0 Å². The Morgan fingerprint density at radius 1 is 0.971 bits per heavy atom. The zero-order chi connectivity index (χ0) is 24.3. The zero-order valence-electron chi connectivity index (χ0n) is 20.5. The summed E-state index contributed by atoms with van der Waals surface area (Å²) in [5, 5.41) is 1.02. The quantitative estimate of drug-likeness (QED) is 0.278. The van der Waals surface area contributed by atoms with Gasteiger partial charge in [-0.1, -0.05) is 43.7 Å². The Labute approximate surface area is 204 Å². The molecule has 0 amide bonds. The second-order valence-electron chi connectivity index (χ2n) is 9.89. The number of nitrogens with zero attached hydrogens (tertiary/aromatic N) is 1. The number of aryl methyl sites for hydroxylation is 2. The van der Waals surface area contributed by atoms with Crippen LogP contribution in [0.3, 0.4) is 0 Å². The molecule has 0 radical (unpaired) electrons. The van der Waals surface area contributed by atoms with Crippen molar-refractivity contribution in [1.82, 2.24) is 15.0 Å². The summed E-state index contributed by atoms with van der Waals surface area (Å²) < 4.78 is 14.6. The molecular formula is C31H28FN3. The molecule has 0 spiro atoms. The predicted molar refractivity (Wildman–Crippen MR) is 143 cm³/mol. The number of H-pyrrole nitrogens is 2.